The van der Waals surface area contributed by atoms with E-state index in [9.17, 15) is 4.79 Å². The Bertz CT molecular complexity index is 606. The first kappa shape index (κ1) is 13.0. The van der Waals surface area contributed by atoms with E-state index in [4.69, 9.17) is 11.6 Å². The minimum atomic E-state index is -0.0644. The van der Waals surface area contributed by atoms with E-state index in [1.807, 2.05) is 29.3 Å². The Morgan fingerprint density at radius 1 is 1.30 bits per heavy atom. The van der Waals surface area contributed by atoms with E-state index < -0.39 is 0 Å². The molecule has 2 heterocycles. The van der Waals surface area contributed by atoms with Crippen LogP contribution in [0, 0.1) is 0 Å². The molecule has 1 N–H and O–H groups in total. The first-order valence-electron chi connectivity index (χ1n) is 6.59. The quantitative estimate of drug-likeness (QED) is 0.923. The summed E-state index contributed by atoms with van der Waals surface area (Å²) in [5.74, 6) is 0. The maximum atomic E-state index is 12.0. The Labute approximate surface area is 122 Å². The van der Waals surface area contributed by atoms with Crippen molar-refractivity contribution < 1.29 is 4.79 Å². The van der Waals surface area contributed by atoms with Crippen molar-refractivity contribution in [3.63, 3.8) is 0 Å². The SMILES string of the molecule is O=C(Nc1ccc(-n2cccn2)c(Cl)c1)N1CCCC1. The fourth-order valence-corrected chi connectivity index (χ4v) is 2.57. The van der Waals surface area contributed by atoms with Crippen LogP contribution in [0.3, 0.4) is 0 Å². The summed E-state index contributed by atoms with van der Waals surface area (Å²) in [5, 5.41) is 7.56. The molecular weight excluding hydrogens is 276 g/mol. The van der Waals surface area contributed by atoms with Crippen molar-refractivity contribution >= 4 is 23.3 Å². The van der Waals surface area contributed by atoms with Crippen LogP contribution in [-0.4, -0.2) is 33.8 Å². The fraction of sp³-hybridized carbons (Fsp3) is 0.286. The zero-order chi connectivity index (χ0) is 13.9. The smallest absolute Gasteiger partial charge is 0.321 e. The lowest BCUT2D eigenvalue weighted by Gasteiger charge is -2.16. The highest BCUT2D eigenvalue weighted by molar-refractivity contribution is 6.32. The van der Waals surface area contributed by atoms with Gasteiger partial charge in [-0.05, 0) is 37.1 Å². The first-order valence-corrected chi connectivity index (χ1v) is 6.97. The van der Waals surface area contributed by atoms with Gasteiger partial charge in [0.2, 0.25) is 0 Å². The molecule has 6 heteroatoms. The number of rotatable bonds is 2. The number of anilines is 1. The number of carbonyl (C=O) groups excluding carboxylic acids is 1. The molecule has 1 aromatic heterocycles. The average molecular weight is 291 g/mol. The van der Waals surface area contributed by atoms with Gasteiger partial charge in [-0.1, -0.05) is 11.6 Å². The number of aromatic nitrogens is 2. The summed E-state index contributed by atoms with van der Waals surface area (Å²) in [6.45, 7) is 1.65. The van der Waals surface area contributed by atoms with E-state index in [1.54, 1.807) is 16.9 Å². The Hall–Kier alpha value is -2.01. The molecular formula is C14H15ClN4O. The monoisotopic (exact) mass is 290 g/mol. The molecule has 2 amide bonds. The molecule has 0 bridgehead atoms. The number of hydrogen-bond donors (Lipinski definition) is 1. The van der Waals surface area contributed by atoms with E-state index in [0.717, 1.165) is 31.6 Å². The third kappa shape index (κ3) is 2.63. The highest BCUT2D eigenvalue weighted by Gasteiger charge is 2.18. The molecule has 1 aliphatic rings. The summed E-state index contributed by atoms with van der Waals surface area (Å²) >= 11 is 6.24. The topological polar surface area (TPSA) is 50.2 Å². The van der Waals surface area contributed by atoms with Crippen LogP contribution in [0.25, 0.3) is 5.69 Å². The fourth-order valence-electron chi connectivity index (χ4n) is 2.30. The molecule has 0 aliphatic carbocycles. The lowest BCUT2D eigenvalue weighted by atomic mass is 10.3. The number of carbonyl (C=O) groups is 1. The summed E-state index contributed by atoms with van der Waals surface area (Å²) in [5.41, 5.74) is 1.48. The molecule has 104 valence electrons. The molecule has 20 heavy (non-hydrogen) atoms. The lowest BCUT2D eigenvalue weighted by molar-refractivity contribution is 0.222. The van der Waals surface area contributed by atoms with Gasteiger partial charge in [0.15, 0.2) is 0 Å². The number of nitrogens with zero attached hydrogens (tertiary/aromatic N) is 3. The zero-order valence-corrected chi connectivity index (χ0v) is 11.7. The predicted molar refractivity (Wildman–Crippen MR) is 78.4 cm³/mol. The van der Waals surface area contributed by atoms with E-state index in [-0.39, 0.29) is 6.03 Å². The Kier molecular flexibility index (Phi) is 3.60. The molecule has 5 nitrogen and oxygen atoms in total. The summed E-state index contributed by atoms with van der Waals surface area (Å²) in [6, 6.07) is 7.18. The maximum absolute atomic E-state index is 12.0. The van der Waals surface area contributed by atoms with Gasteiger partial charge in [0, 0.05) is 31.2 Å². The Morgan fingerprint density at radius 3 is 2.75 bits per heavy atom. The van der Waals surface area contributed by atoms with Crippen LogP contribution in [0.15, 0.2) is 36.7 Å². The number of halogens is 1. The highest BCUT2D eigenvalue weighted by Crippen LogP contribution is 2.24. The molecule has 1 fully saturated rings. The van der Waals surface area contributed by atoms with Crippen LogP contribution in [0.5, 0.6) is 0 Å². The van der Waals surface area contributed by atoms with Gasteiger partial charge in [0.1, 0.15) is 0 Å². The van der Waals surface area contributed by atoms with Crippen LogP contribution >= 0.6 is 11.6 Å². The van der Waals surface area contributed by atoms with Gasteiger partial charge in [0.25, 0.3) is 0 Å². The second-order valence-electron chi connectivity index (χ2n) is 4.74. The van der Waals surface area contributed by atoms with Gasteiger partial charge in [-0.25, -0.2) is 9.48 Å². The predicted octanol–water partition coefficient (Wildman–Crippen LogP) is 3.15. The first-order chi connectivity index (χ1) is 9.74. The van der Waals surface area contributed by atoms with Crippen molar-refractivity contribution in [1.82, 2.24) is 14.7 Å². The minimum Gasteiger partial charge on any atom is -0.325 e. The standard InChI is InChI=1S/C14H15ClN4O/c15-12-10-11(17-14(20)18-7-1-2-8-18)4-5-13(12)19-9-3-6-16-19/h3-6,9-10H,1-2,7-8H2,(H,17,20). The molecule has 0 saturated carbocycles. The summed E-state index contributed by atoms with van der Waals surface area (Å²) in [7, 11) is 0. The lowest BCUT2D eigenvalue weighted by Crippen LogP contribution is -2.32. The number of amides is 2. The minimum absolute atomic E-state index is 0.0644. The van der Waals surface area contributed by atoms with Crippen molar-refractivity contribution in [2.24, 2.45) is 0 Å². The second-order valence-corrected chi connectivity index (χ2v) is 5.15. The van der Waals surface area contributed by atoms with Gasteiger partial charge in [-0.15, -0.1) is 0 Å². The molecule has 2 aromatic rings. The van der Waals surface area contributed by atoms with Crippen molar-refractivity contribution in [2.75, 3.05) is 18.4 Å². The van der Waals surface area contributed by atoms with Crippen LogP contribution in [-0.2, 0) is 0 Å². The van der Waals surface area contributed by atoms with Crippen LogP contribution in [0.4, 0.5) is 10.5 Å². The van der Waals surface area contributed by atoms with Gasteiger partial charge >= 0.3 is 6.03 Å². The van der Waals surface area contributed by atoms with Crippen molar-refractivity contribution in [1.29, 1.82) is 0 Å². The molecule has 1 aliphatic heterocycles. The third-order valence-electron chi connectivity index (χ3n) is 3.34. The second kappa shape index (κ2) is 5.54. The van der Waals surface area contributed by atoms with E-state index >= 15 is 0 Å². The van der Waals surface area contributed by atoms with Crippen molar-refractivity contribution in [3.05, 3.63) is 41.7 Å². The molecule has 0 radical (unpaired) electrons. The van der Waals surface area contributed by atoms with E-state index in [1.165, 1.54) is 0 Å². The van der Waals surface area contributed by atoms with Gasteiger partial charge in [-0.3, -0.25) is 0 Å². The Morgan fingerprint density at radius 2 is 2.10 bits per heavy atom. The van der Waals surface area contributed by atoms with Crippen LogP contribution in [0.2, 0.25) is 5.02 Å². The van der Waals surface area contributed by atoms with Gasteiger partial charge in [0.05, 0.1) is 10.7 Å². The number of likely N-dealkylation sites (tertiary alicyclic amines) is 1. The number of nitrogens with one attached hydrogen (secondary N) is 1. The third-order valence-corrected chi connectivity index (χ3v) is 3.65. The average Bonchev–Trinajstić information content (AvgIpc) is 3.12. The molecule has 0 spiro atoms. The van der Waals surface area contributed by atoms with E-state index in [0.29, 0.717) is 10.7 Å². The zero-order valence-electron chi connectivity index (χ0n) is 10.9. The van der Waals surface area contributed by atoms with Gasteiger partial charge < -0.3 is 10.2 Å². The van der Waals surface area contributed by atoms with E-state index in [2.05, 4.69) is 10.4 Å². The van der Waals surface area contributed by atoms with Gasteiger partial charge in [-0.2, -0.15) is 5.10 Å². The summed E-state index contributed by atoms with van der Waals surface area (Å²) in [6.07, 6.45) is 5.67. The highest BCUT2D eigenvalue weighted by atomic mass is 35.5. The maximum Gasteiger partial charge on any atom is 0.321 e. The molecule has 3 rings (SSSR count). The van der Waals surface area contributed by atoms with Crippen molar-refractivity contribution in [3.8, 4) is 5.69 Å². The van der Waals surface area contributed by atoms with Crippen LogP contribution in [0.1, 0.15) is 12.8 Å². The van der Waals surface area contributed by atoms with Crippen LogP contribution < -0.4 is 5.32 Å². The Balaban J connectivity index is 1.75. The number of benzene rings is 1. The van der Waals surface area contributed by atoms with Crippen molar-refractivity contribution in [2.45, 2.75) is 12.8 Å². The molecule has 1 aromatic carbocycles. The molecule has 0 unspecified atom stereocenters. The largest absolute Gasteiger partial charge is 0.325 e. The summed E-state index contributed by atoms with van der Waals surface area (Å²) in [4.78, 5) is 13.8. The normalized spacial score (nSPS) is 14.6. The number of urea groups is 1. The number of hydrogen-bond acceptors (Lipinski definition) is 2. The summed E-state index contributed by atoms with van der Waals surface area (Å²) < 4.78 is 1.69. The molecule has 1 saturated heterocycles. The molecule has 0 atom stereocenters.